The van der Waals surface area contributed by atoms with Gasteiger partial charge in [0.05, 0.1) is 5.69 Å². The van der Waals surface area contributed by atoms with Crippen LogP contribution in [0.25, 0.3) is 11.3 Å². The van der Waals surface area contributed by atoms with E-state index in [2.05, 4.69) is 39.3 Å². The summed E-state index contributed by atoms with van der Waals surface area (Å²) in [6, 6.07) is 8.12. The second kappa shape index (κ2) is 5.76. The predicted octanol–water partition coefficient (Wildman–Crippen LogP) is 4.67. The van der Waals surface area contributed by atoms with E-state index in [1.807, 2.05) is 18.2 Å². The summed E-state index contributed by atoms with van der Waals surface area (Å²) in [7, 11) is 1.73. The lowest BCUT2D eigenvalue weighted by Crippen LogP contribution is -1.98. The van der Waals surface area contributed by atoms with Crippen LogP contribution < -0.4 is 0 Å². The number of thiazole rings is 1. The molecule has 0 N–H and O–H groups in total. The molecule has 1 unspecified atom stereocenters. The lowest BCUT2D eigenvalue weighted by Gasteiger charge is -2.08. The van der Waals surface area contributed by atoms with Gasteiger partial charge in [0.2, 0.25) is 0 Å². The van der Waals surface area contributed by atoms with Gasteiger partial charge in [0.15, 0.2) is 0 Å². The minimum Gasteiger partial charge on any atom is -0.374 e. The molecule has 0 amide bonds. The molecule has 17 heavy (non-hydrogen) atoms. The number of aromatic nitrogens is 1. The predicted molar refractivity (Wildman–Crippen MR) is 75.3 cm³/mol. The molecule has 1 atom stereocenters. The molecule has 1 heterocycles. The number of benzene rings is 1. The fourth-order valence-corrected chi connectivity index (χ4v) is 3.14. The van der Waals surface area contributed by atoms with E-state index in [0.717, 1.165) is 27.2 Å². The highest BCUT2D eigenvalue weighted by Crippen LogP contribution is 2.32. The van der Waals surface area contributed by atoms with Gasteiger partial charge in [0.1, 0.15) is 11.1 Å². The first-order valence-corrected chi connectivity index (χ1v) is 7.16. The Hall–Kier alpha value is -0.710. The van der Waals surface area contributed by atoms with Crippen molar-refractivity contribution in [1.29, 1.82) is 0 Å². The number of hydrogen-bond donors (Lipinski definition) is 0. The molecule has 0 aliphatic carbocycles. The number of hydrogen-bond acceptors (Lipinski definition) is 3. The molecule has 0 fully saturated rings. The molecular weight excluding hydrogens is 298 g/mol. The van der Waals surface area contributed by atoms with Gasteiger partial charge in [-0.25, -0.2) is 4.98 Å². The van der Waals surface area contributed by atoms with Crippen LogP contribution in [0.2, 0.25) is 0 Å². The van der Waals surface area contributed by atoms with Crippen LogP contribution in [0.5, 0.6) is 0 Å². The Kier molecular flexibility index (Phi) is 4.31. The maximum atomic E-state index is 5.40. The normalized spacial score (nSPS) is 12.6. The van der Waals surface area contributed by atoms with Crippen molar-refractivity contribution >= 4 is 27.3 Å². The second-order valence-corrected chi connectivity index (χ2v) is 5.43. The maximum absolute atomic E-state index is 5.40. The molecule has 0 radical (unpaired) electrons. The average Bonchev–Trinajstić information content (AvgIpc) is 2.81. The summed E-state index contributed by atoms with van der Waals surface area (Å²) in [6.45, 7) is 2.10. The standard InChI is InChI=1S/C13H14BrNOS/c1-3-12(16-2)13-15-11(8-17-13)9-6-4-5-7-10(9)14/h4-8,12H,3H2,1-2H3. The molecule has 2 rings (SSSR count). The van der Waals surface area contributed by atoms with E-state index < -0.39 is 0 Å². The zero-order chi connectivity index (χ0) is 12.3. The zero-order valence-electron chi connectivity index (χ0n) is 9.81. The van der Waals surface area contributed by atoms with E-state index in [9.17, 15) is 0 Å². The molecule has 0 saturated carbocycles. The number of rotatable bonds is 4. The Morgan fingerprint density at radius 3 is 2.82 bits per heavy atom. The third-order valence-electron chi connectivity index (χ3n) is 2.60. The molecule has 1 aromatic heterocycles. The number of ether oxygens (including phenoxy) is 1. The highest BCUT2D eigenvalue weighted by molar-refractivity contribution is 9.10. The third kappa shape index (κ3) is 2.76. The average molecular weight is 312 g/mol. The van der Waals surface area contributed by atoms with Gasteiger partial charge in [-0.1, -0.05) is 41.1 Å². The van der Waals surface area contributed by atoms with Crippen molar-refractivity contribution in [1.82, 2.24) is 4.98 Å². The van der Waals surface area contributed by atoms with Crippen LogP contribution in [0.1, 0.15) is 24.5 Å². The van der Waals surface area contributed by atoms with Crippen LogP contribution in [-0.4, -0.2) is 12.1 Å². The smallest absolute Gasteiger partial charge is 0.122 e. The molecule has 0 aliphatic rings. The SMILES string of the molecule is CCC(OC)c1nc(-c2ccccc2Br)cs1. The summed E-state index contributed by atoms with van der Waals surface area (Å²) in [4.78, 5) is 4.65. The van der Waals surface area contributed by atoms with Gasteiger partial charge in [0.25, 0.3) is 0 Å². The van der Waals surface area contributed by atoms with Crippen LogP contribution in [0, 0.1) is 0 Å². The Morgan fingerprint density at radius 2 is 2.18 bits per heavy atom. The Labute approximate surface area is 114 Å². The van der Waals surface area contributed by atoms with Crippen molar-refractivity contribution in [3.05, 3.63) is 39.1 Å². The van der Waals surface area contributed by atoms with Crippen molar-refractivity contribution in [3.8, 4) is 11.3 Å². The van der Waals surface area contributed by atoms with Gasteiger partial charge in [-0.3, -0.25) is 0 Å². The van der Waals surface area contributed by atoms with Gasteiger partial charge in [0, 0.05) is 22.5 Å². The zero-order valence-corrected chi connectivity index (χ0v) is 12.2. The molecular formula is C13H14BrNOS. The first-order chi connectivity index (χ1) is 8.26. The van der Waals surface area contributed by atoms with E-state index in [0.29, 0.717) is 0 Å². The van der Waals surface area contributed by atoms with Gasteiger partial charge < -0.3 is 4.74 Å². The molecule has 4 heteroatoms. The van der Waals surface area contributed by atoms with Gasteiger partial charge in [-0.15, -0.1) is 11.3 Å². The number of nitrogens with zero attached hydrogens (tertiary/aromatic N) is 1. The van der Waals surface area contributed by atoms with E-state index in [1.165, 1.54) is 0 Å². The second-order valence-electron chi connectivity index (χ2n) is 3.68. The molecule has 90 valence electrons. The first-order valence-electron chi connectivity index (χ1n) is 5.49. The first kappa shape index (κ1) is 12.7. The largest absolute Gasteiger partial charge is 0.374 e. The van der Waals surface area contributed by atoms with Crippen molar-refractivity contribution in [2.75, 3.05) is 7.11 Å². The summed E-state index contributed by atoms with van der Waals surface area (Å²) in [5.41, 5.74) is 2.13. The molecule has 1 aromatic carbocycles. The summed E-state index contributed by atoms with van der Waals surface area (Å²) >= 11 is 5.20. The van der Waals surface area contributed by atoms with Crippen LogP contribution in [-0.2, 0) is 4.74 Å². The highest BCUT2D eigenvalue weighted by Gasteiger charge is 2.14. The minimum atomic E-state index is 0.108. The van der Waals surface area contributed by atoms with Crippen LogP contribution in [0.3, 0.4) is 0 Å². The minimum absolute atomic E-state index is 0.108. The van der Waals surface area contributed by atoms with Crippen molar-refractivity contribution in [2.45, 2.75) is 19.4 Å². The monoisotopic (exact) mass is 311 g/mol. The fourth-order valence-electron chi connectivity index (χ4n) is 1.67. The maximum Gasteiger partial charge on any atom is 0.122 e. The van der Waals surface area contributed by atoms with E-state index in [4.69, 9.17) is 4.74 Å². The Bertz CT molecular complexity index is 494. The number of halogens is 1. The van der Waals surface area contributed by atoms with E-state index in [-0.39, 0.29) is 6.10 Å². The molecule has 0 bridgehead atoms. The van der Waals surface area contributed by atoms with E-state index in [1.54, 1.807) is 18.4 Å². The van der Waals surface area contributed by atoms with Crippen LogP contribution in [0.15, 0.2) is 34.1 Å². The van der Waals surface area contributed by atoms with Crippen molar-refractivity contribution in [3.63, 3.8) is 0 Å². The molecule has 2 aromatic rings. The van der Waals surface area contributed by atoms with Crippen molar-refractivity contribution in [2.24, 2.45) is 0 Å². The molecule has 0 saturated heterocycles. The highest BCUT2D eigenvalue weighted by atomic mass is 79.9. The van der Waals surface area contributed by atoms with E-state index >= 15 is 0 Å². The lowest BCUT2D eigenvalue weighted by molar-refractivity contribution is 0.0998. The summed E-state index contributed by atoms with van der Waals surface area (Å²) in [5, 5.41) is 3.12. The molecule has 0 spiro atoms. The summed E-state index contributed by atoms with van der Waals surface area (Å²) in [6.07, 6.45) is 1.05. The summed E-state index contributed by atoms with van der Waals surface area (Å²) < 4.78 is 6.47. The van der Waals surface area contributed by atoms with Gasteiger partial charge in [-0.05, 0) is 12.5 Å². The topological polar surface area (TPSA) is 22.1 Å². The van der Waals surface area contributed by atoms with Crippen LogP contribution >= 0.6 is 27.3 Å². The van der Waals surface area contributed by atoms with Crippen LogP contribution in [0.4, 0.5) is 0 Å². The third-order valence-corrected chi connectivity index (χ3v) is 4.23. The number of methoxy groups -OCH3 is 1. The fraction of sp³-hybridized carbons (Fsp3) is 0.308. The van der Waals surface area contributed by atoms with Gasteiger partial charge in [-0.2, -0.15) is 0 Å². The lowest BCUT2D eigenvalue weighted by atomic mass is 10.2. The Morgan fingerprint density at radius 1 is 1.41 bits per heavy atom. The Balaban J connectivity index is 2.33. The van der Waals surface area contributed by atoms with Crippen molar-refractivity contribution < 1.29 is 4.74 Å². The quantitative estimate of drug-likeness (QED) is 0.818. The molecule has 2 nitrogen and oxygen atoms in total. The molecule has 0 aliphatic heterocycles. The summed E-state index contributed by atoms with van der Waals surface area (Å²) in [5.74, 6) is 0. The van der Waals surface area contributed by atoms with Gasteiger partial charge >= 0.3 is 0 Å².